The van der Waals surface area contributed by atoms with E-state index in [0.717, 1.165) is 5.56 Å². The Bertz CT molecular complexity index is 382. The zero-order chi connectivity index (χ0) is 12.1. The summed E-state index contributed by atoms with van der Waals surface area (Å²) >= 11 is 11.7. The first kappa shape index (κ1) is 13.3. The zero-order valence-electron chi connectivity index (χ0n) is 9.17. The second-order valence-corrected chi connectivity index (χ2v) is 4.14. The molecule has 1 aromatic rings. The molecule has 0 radical (unpaired) electrons. The molecule has 0 aliphatic rings. The third kappa shape index (κ3) is 3.67. The second kappa shape index (κ2) is 6.09. The number of amides is 1. The molecule has 3 nitrogen and oxygen atoms in total. The molecule has 0 spiro atoms. The minimum atomic E-state index is -0.0754. The highest BCUT2D eigenvalue weighted by molar-refractivity contribution is 6.42. The summed E-state index contributed by atoms with van der Waals surface area (Å²) in [5.41, 5.74) is 0.979. The molecule has 0 N–H and O–H groups in total. The van der Waals surface area contributed by atoms with Crippen molar-refractivity contribution in [2.24, 2.45) is 0 Å². The Morgan fingerprint density at radius 1 is 1.38 bits per heavy atom. The monoisotopic (exact) mass is 261 g/mol. The second-order valence-electron chi connectivity index (χ2n) is 3.32. The molecule has 0 fully saturated rings. The van der Waals surface area contributed by atoms with Crippen LogP contribution in [0.3, 0.4) is 0 Å². The van der Waals surface area contributed by atoms with E-state index in [4.69, 9.17) is 28.0 Å². The third-order valence-corrected chi connectivity index (χ3v) is 2.98. The van der Waals surface area contributed by atoms with Crippen LogP contribution in [0.5, 0.6) is 0 Å². The number of carbonyl (C=O) groups excluding carboxylic acids is 1. The zero-order valence-corrected chi connectivity index (χ0v) is 10.7. The van der Waals surface area contributed by atoms with Crippen LogP contribution in [0.25, 0.3) is 0 Å². The van der Waals surface area contributed by atoms with Crippen molar-refractivity contribution >= 4 is 29.1 Å². The van der Waals surface area contributed by atoms with Gasteiger partial charge in [-0.25, -0.2) is 5.06 Å². The molecular formula is C11H13Cl2NO2. The Morgan fingerprint density at radius 2 is 2.06 bits per heavy atom. The van der Waals surface area contributed by atoms with E-state index >= 15 is 0 Å². The Morgan fingerprint density at radius 3 is 2.62 bits per heavy atom. The first-order chi connectivity index (χ1) is 7.54. The molecule has 0 aromatic heterocycles. The van der Waals surface area contributed by atoms with Gasteiger partial charge in [-0.05, 0) is 24.1 Å². The van der Waals surface area contributed by atoms with Crippen molar-refractivity contribution in [1.29, 1.82) is 0 Å². The Balaban J connectivity index is 2.55. The minimum absolute atomic E-state index is 0.0754. The van der Waals surface area contributed by atoms with Gasteiger partial charge in [-0.15, -0.1) is 0 Å². The van der Waals surface area contributed by atoms with Crippen molar-refractivity contribution in [2.45, 2.75) is 12.8 Å². The quantitative estimate of drug-likeness (QED) is 0.781. The molecule has 0 heterocycles. The van der Waals surface area contributed by atoms with Crippen LogP contribution >= 0.6 is 23.2 Å². The predicted octanol–water partition coefficient (Wildman–Crippen LogP) is 2.95. The van der Waals surface area contributed by atoms with Gasteiger partial charge in [0.2, 0.25) is 5.91 Å². The van der Waals surface area contributed by atoms with Gasteiger partial charge in [-0.2, -0.15) is 0 Å². The molecule has 0 atom stereocenters. The van der Waals surface area contributed by atoms with E-state index < -0.39 is 0 Å². The number of hydrogen-bond donors (Lipinski definition) is 0. The molecule has 88 valence electrons. The van der Waals surface area contributed by atoms with Gasteiger partial charge in [0.05, 0.1) is 17.2 Å². The lowest BCUT2D eigenvalue weighted by molar-refractivity contribution is -0.168. The number of aryl methyl sites for hydroxylation is 1. The van der Waals surface area contributed by atoms with Gasteiger partial charge in [0.15, 0.2) is 0 Å². The van der Waals surface area contributed by atoms with Crippen molar-refractivity contribution in [3.8, 4) is 0 Å². The highest BCUT2D eigenvalue weighted by Gasteiger charge is 2.08. The standard InChI is InChI=1S/C11H13Cl2NO2/c1-14(16-2)11(15)6-4-8-3-5-9(12)10(13)7-8/h3,5,7H,4,6H2,1-2H3. The predicted molar refractivity (Wildman–Crippen MR) is 64.6 cm³/mol. The number of rotatable bonds is 4. The smallest absolute Gasteiger partial charge is 0.246 e. The molecule has 16 heavy (non-hydrogen) atoms. The fraction of sp³-hybridized carbons (Fsp3) is 0.364. The third-order valence-electron chi connectivity index (χ3n) is 2.24. The average Bonchev–Trinajstić information content (AvgIpc) is 2.29. The van der Waals surface area contributed by atoms with E-state index in [0.29, 0.717) is 22.9 Å². The largest absolute Gasteiger partial charge is 0.275 e. The van der Waals surface area contributed by atoms with E-state index in [1.54, 1.807) is 19.2 Å². The SMILES string of the molecule is CON(C)C(=O)CCc1ccc(Cl)c(Cl)c1. The molecule has 0 aliphatic heterocycles. The lowest BCUT2D eigenvalue weighted by atomic mass is 10.1. The molecule has 0 aliphatic carbocycles. The maximum absolute atomic E-state index is 11.4. The number of hydroxylamine groups is 2. The van der Waals surface area contributed by atoms with Crippen molar-refractivity contribution in [3.63, 3.8) is 0 Å². The number of nitrogens with zero attached hydrogens (tertiary/aromatic N) is 1. The van der Waals surface area contributed by atoms with E-state index in [1.165, 1.54) is 12.2 Å². The van der Waals surface area contributed by atoms with Crippen LogP contribution in [-0.2, 0) is 16.1 Å². The van der Waals surface area contributed by atoms with Gasteiger partial charge < -0.3 is 0 Å². The lowest BCUT2D eigenvalue weighted by Gasteiger charge is -2.13. The Labute approximate surface area is 105 Å². The van der Waals surface area contributed by atoms with Crippen LogP contribution in [0.15, 0.2) is 18.2 Å². The van der Waals surface area contributed by atoms with Crippen molar-refractivity contribution in [2.75, 3.05) is 14.2 Å². The topological polar surface area (TPSA) is 29.5 Å². The Hall–Kier alpha value is -0.770. The highest BCUT2D eigenvalue weighted by Crippen LogP contribution is 2.23. The van der Waals surface area contributed by atoms with E-state index in [-0.39, 0.29) is 5.91 Å². The molecule has 1 amide bonds. The maximum Gasteiger partial charge on any atom is 0.246 e. The molecule has 1 rings (SSSR count). The molecular weight excluding hydrogens is 249 g/mol. The summed E-state index contributed by atoms with van der Waals surface area (Å²) in [5.74, 6) is -0.0754. The molecule has 5 heteroatoms. The van der Waals surface area contributed by atoms with Gasteiger partial charge in [0, 0.05) is 13.5 Å². The minimum Gasteiger partial charge on any atom is -0.275 e. The molecule has 1 aromatic carbocycles. The average molecular weight is 262 g/mol. The molecule has 0 saturated carbocycles. The van der Waals surface area contributed by atoms with E-state index in [9.17, 15) is 4.79 Å². The van der Waals surface area contributed by atoms with Gasteiger partial charge in [0.25, 0.3) is 0 Å². The van der Waals surface area contributed by atoms with Gasteiger partial charge in [-0.3, -0.25) is 9.63 Å². The van der Waals surface area contributed by atoms with Crippen LogP contribution in [0.2, 0.25) is 10.0 Å². The van der Waals surface area contributed by atoms with Gasteiger partial charge in [-0.1, -0.05) is 29.3 Å². The number of halogens is 2. The number of hydrogen-bond acceptors (Lipinski definition) is 2. The van der Waals surface area contributed by atoms with Crippen LogP contribution in [0, 0.1) is 0 Å². The van der Waals surface area contributed by atoms with E-state index in [2.05, 4.69) is 0 Å². The van der Waals surface area contributed by atoms with Crippen LogP contribution in [-0.4, -0.2) is 25.1 Å². The van der Waals surface area contributed by atoms with Gasteiger partial charge >= 0.3 is 0 Å². The summed E-state index contributed by atoms with van der Waals surface area (Å²) in [6.07, 6.45) is 0.992. The number of carbonyl (C=O) groups is 1. The maximum atomic E-state index is 11.4. The molecule has 0 bridgehead atoms. The normalized spacial score (nSPS) is 10.2. The summed E-state index contributed by atoms with van der Waals surface area (Å²) in [5, 5.41) is 2.23. The van der Waals surface area contributed by atoms with Gasteiger partial charge in [0.1, 0.15) is 0 Å². The van der Waals surface area contributed by atoms with Crippen LogP contribution in [0.1, 0.15) is 12.0 Å². The first-order valence-electron chi connectivity index (χ1n) is 4.79. The fourth-order valence-electron chi connectivity index (χ4n) is 1.21. The van der Waals surface area contributed by atoms with Crippen molar-refractivity contribution in [1.82, 2.24) is 5.06 Å². The fourth-order valence-corrected chi connectivity index (χ4v) is 1.53. The highest BCUT2D eigenvalue weighted by atomic mass is 35.5. The van der Waals surface area contributed by atoms with Crippen molar-refractivity contribution in [3.05, 3.63) is 33.8 Å². The lowest BCUT2D eigenvalue weighted by Crippen LogP contribution is -2.25. The van der Waals surface area contributed by atoms with Crippen molar-refractivity contribution < 1.29 is 9.63 Å². The van der Waals surface area contributed by atoms with E-state index in [1.807, 2.05) is 6.07 Å². The van der Waals surface area contributed by atoms with Crippen LogP contribution in [0.4, 0.5) is 0 Å². The summed E-state index contributed by atoms with van der Waals surface area (Å²) in [7, 11) is 3.04. The summed E-state index contributed by atoms with van der Waals surface area (Å²) < 4.78 is 0. The summed E-state index contributed by atoms with van der Waals surface area (Å²) in [4.78, 5) is 16.2. The van der Waals surface area contributed by atoms with Crippen LogP contribution < -0.4 is 0 Å². The number of benzene rings is 1. The Kier molecular flexibility index (Phi) is 5.06. The summed E-state index contributed by atoms with van der Waals surface area (Å²) in [6, 6.07) is 5.35. The molecule has 0 saturated heterocycles. The molecule has 0 unspecified atom stereocenters. The summed E-state index contributed by atoms with van der Waals surface area (Å²) in [6.45, 7) is 0. The first-order valence-corrected chi connectivity index (χ1v) is 5.54.